The minimum absolute atomic E-state index is 0.0476. The molecule has 0 radical (unpaired) electrons. The first-order valence-corrected chi connectivity index (χ1v) is 5.99. The molecule has 0 spiro atoms. The van der Waals surface area contributed by atoms with Crippen LogP contribution in [0.2, 0.25) is 0 Å². The van der Waals surface area contributed by atoms with E-state index in [1.807, 2.05) is 18.2 Å². The van der Waals surface area contributed by atoms with Crippen molar-refractivity contribution in [2.45, 2.75) is 0 Å². The fraction of sp³-hybridized carbons (Fsp3) is 0.0714. The predicted molar refractivity (Wildman–Crippen MR) is 72.3 cm³/mol. The van der Waals surface area contributed by atoms with E-state index in [1.165, 1.54) is 17.3 Å². The zero-order valence-corrected chi connectivity index (χ0v) is 10.4. The summed E-state index contributed by atoms with van der Waals surface area (Å²) in [6, 6.07) is 12.1. The molecule has 20 heavy (non-hydrogen) atoms. The SMILES string of the molecule is O=C1COC(c2ncccc2O)=NN1c1ccccc1. The van der Waals surface area contributed by atoms with Crippen LogP contribution in [0.4, 0.5) is 5.69 Å². The van der Waals surface area contributed by atoms with Gasteiger partial charge in [0, 0.05) is 6.20 Å². The molecule has 0 aliphatic carbocycles. The zero-order chi connectivity index (χ0) is 13.9. The number of ether oxygens (including phenoxy) is 1. The number of aromatic nitrogens is 1. The van der Waals surface area contributed by atoms with Gasteiger partial charge in [-0.05, 0) is 24.3 Å². The summed E-state index contributed by atoms with van der Waals surface area (Å²) in [5.74, 6) is -0.212. The van der Waals surface area contributed by atoms with Crippen molar-refractivity contribution >= 4 is 17.5 Å². The van der Waals surface area contributed by atoms with E-state index < -0.39 is 0 Å². The molecule has 1 aliphatic rings. The van der Waals surface area contributed by atoms with Crippen molar-refractivity contribution in [1.82, 2.24) is 4.98 Å². The number of hydrazone groups is 1. The molecular formula is C14H11N3O3. The quantitative estimate of drug-likeness (QED) is 0.896. The minimum atomic E-state index is -0.282. The largest absolute Gasteiger partial charge is 0.505 e. The third-order valence-electron chi connectivity index (χ3n) is 2.75. The molecule has 6 heteroatoms. The number of anilines is 1. The average Bonchev–Trinajstić information content (AvgIpc) is 2.49. The van der Waals surface area contributed by atoms with E-state index in [-0.39, 0.29) is 29.9 Å². The van der Waals surface area contributed by atoms with E-state index in [1.54, 1.807) is 18.2 Å². The van der Waals surface area contributed by atoms with Crippen LogP contribution >= 0.6 is 0 Å². The molecule has 0 saturated carbocycles. The lowest BCUT2D eigenvalue weighted by molar-refractivity contribution is -0.121. The van der Waals surface area contributed by atoms with Crippen LogP contribution in [0.5, 0.6) is 5.75 Å². The number of hydrogen-bond acceptors (Lipinski definition) is 5. The van der Waals surface area contributed by atoms with E-state index in [2.05, 4.69) is 10.1 Å². The van der Waals surface area contributed by atoms with Crippen LogP contribution < -0.4 is 5.01 Å². The van der Waals surface area contributed by atoms with Gasteiger partial charge in [0.15, 0.2) is 12.3 Å². The van der Waals surface area contributed by atoms with Gasteiger partial charge in [-0.15, -0.1) is 5.10 Å². The molecule has 1 N–H and O–H groups in total. The maximum atomic E-state index is 11.9. The second-order valence-corrected chi connectivity index (χ2v) is 4.11. The average molecular weight is 269 g/mol. The predicted octanol–water partition coefficient (Wildman–Crippen LogP) is 1.51. The maximum Gasteiger partial charge on any atom is 0.285 e. The van der Waals surface area contributed by atoms with Gasteiger partial charge >= 0.3 is 0 Å². The molecule has 2 aromatic rings. The third kappa shape index (κ3) is 2.18. The Bertz CT molecular complexity index is 670. The molecular weight excluding hydrogens is 258 g/mol. The minimum Gasteiger partial charge on any atom is -0.505 e. The molecule has 100 valence electrons. The third-order valence-corrected chi connectivity index (χ3v) is 2.75. The standard InChI is InChI=1S/C14H11N3O3/c18-11-7-4-8-15-13(11)14-16-17(12(19)9-20-14)10-5-2-1-3-6-10/h1-8,18H,9H2. The smallest absolute Gasteiger partial charge is 0.285 e. The van der Waals surface area contributed by atoms with Gasteiger partial charge in [-0.25, -0.2) is 4.98 Å². The summed E-state index contributed by atoms with van der Waals surface area (Å²) in [4.78, 5) is 15.9. The molecule has 1 aromatic carbocycles. The Morgan fingerprint density at radius 2 is 1.95 bits per heavy atom. The number of carbonyl (C=O) groups is 1. The van der Waals surface area contributed by atoms with Crippen molar-refractivity contribution in [3.05, 3.63) is 54.4 Å². The van der Waals surface area contributed by atoms with Gasteiger partial charge < -0.3 is 9.84 Å². The molecule has 2 heterocycles. The number of hydrogen-bond donors (Lipinski definition) is 1. The Labute approximate surface area is 114 Å². The van der Waals surface area contributed by atoms with Crippen molar-refractivity contribution in [3.8, 4) is 5.75 Å². The first-order chi connectivity index (χ1) is 9.75. The lowest BCUT2D eigenvalue weighted by Crippen LogP contribution is -2.37. The second kappa shape index (κ2) is 5.00. The molecule has 1 aromatic heterocycles. The molecule has 0 unspecified atom stereocenters. The molecule has 6 nitrogen and oxygen atoms in total. The first kappa shape index (κ1) is 12.2. The highest BCUT2D eigenvalue weighted by Crippen LogP contribution is 2.21. The molecule has 0 fully saturated rings. The Hall–Kier alpha value is -2.89. The molecule has 1 amide bonds. The highest BCUT2D eigenvalue weighted by Gasteiger charge is 2.25. The summed E-state index contributed by atoms with van der Waals surface area (Å²) >= 11 is 0. The van der Waals surface area contributed by atoms with E-state index >= 15 is 0 Å². The monoisotopic (exact) mass is 269 g/mol. The Morgan fingerprint density at radius 3 is 2.70 bits per heavy atom. The number of nitrogens with zero attached hydrogens (tertiary/aromatic N) is 3. The highest BCUT2D eigenvalue weighted by molar-refractivity contribution is 6.04. The summed E-state index contributed by atoms with van der Waals surface area (Å²) in [6.07, 6.45) is 1.52. The van der Waals surface area contributed by atoms with Crippen molar-refractivity contribution < 1.29 is 14.6 Å². The topological polar surface area (TPSA) is 75.0 Å². The molecule has 1 aliphatic heterocycles. The molecule has 0 atom stereocenters. The van der Waals surface area contributed by atoms with E-state index in [4.69, 9.17) is 4.74 Å². The maximum absolute atomic E-state index is 11.9. The van der Waals surface area contributed by atoms with Gasteiger partial charge in [0.1, 0.15) is 5.75 Å². The number of aromatic hydroxyl groups is 1. The van der Waals surface area contributed by atoms with Crippen molar-refractivity contribution in [3.63, 3.8) is 0 Å². The summed E-state index contributed by atoms with van der Waals surface area (Å²) in [5, 5.41) is 15.1. The van der Waals surface area contributed by atoms with Crippen LogP contribution in [0.15, 0.2) is 53.8 Å². The summed E-state index contributed by atoms with van der Waals surface area (Å²) in [7, 11) is 0. The van der Waals surface area contributed by atoms with Crippen LogP contribution in [0.3, 0.4) is 0 Å². The molecule has 0 bridgehead atoms. The van der Waals surface area contributed by atoms with Gasteiger partial charge in [-0.2, -0.15) is 5.01 Å². The second-order valence-electron chi connectivity index (χ2n) is 4.11. The van der Waals surface area contributed by atoms with E-state index in [9.17, 15) is 9.90 Å². The highest BCUT2D eigenvalue weighted by atomic mass is 16.5. The van der Waals surface area contributed by atoms with Gasteiger partial charge in [0.2, 0.25) is 0 Å². The van der Waals surface area contributed by atoms with Crippen LogP contribution in [0.25, 0.3) is 0 Å². The Balaban J connectivity index is 2.02. The van der Waals surface area contributed by atoms with Crippen LogP contribution in [-0.4, -0.2) is 28.5 Å². The number of carbonyl (C=O) groups excluding carboxylic acids is 1. The number of rotatable bonds is 2. The number of amides is 1. The fourth-order valence-electron chi connectivity index (χ4n) is 1.81. The van der Waals surface area contributed by atoms with Crippen LogP contribution in [0, 0.1) is 0 Å². The number of pyridine rings is 1. The van der Waals surface area contributed by atoms with Gasteiger partial charge in [-0.1, -0.05) is 18.2 Å². The number of para-hydroxylation sites is 1. The summed E-state index contributed by atoms with van der Waals surface area (Å²) < 4.78 is 5.25. The lowest BCUT2D eigenvalue weighted by Gasteiger charge is -2.23. The van der Waals surface area contributed by atoms with Crippen LogP contribution in [-0.2, 0) is 9.53 Å². The van der Waals surface area contributed by atoms with Crippen molar-refractivity contribution in [1.29, 1.82) is 0 Å². The van der Waals surface area contributed by atoms with Gasteiger partial charge in [-0.3, -0.25) is 4.79 Å². The van der Waals surface area contributed by atoms with Gasteiger partial charge in [0.05, 0.1) is 5.69 Å². The Kier molecular flexibility index (Phi) is 3.04. The van der Waals surface area contributed by atoms with Crippen molar-refractivity contribution in [2.75, 3.05) is 11.6 Å². The molecule has 3 rings (SSSR count). The summed E-state index contributed by atoms with van der Waals surface area (Å²) in [6.45, 7) is -0.149. The number of benzene rings is 1. The van der Waals surface area contributed by atoms with Gasteiger partial charge in [0.25, 0.3) is 11.8 Å². The Morgan fingerprint density at radius 1 is 1.15 bits per heavy atom. The lowest BCUT2D eigenvalue weighted by atomic mass is 10.3. The zero-order valence-electron chi connectivity index (χ0n) is 10.4. The van der Waals surface area contributed by atoms with E-state index in [0.717, 1.165) is 0 Å². The first-order valence-electron chi connectivity index (χ1n) is 5.99. The fourth-order valence-corrected chi connectivity index (χ4v) is 1.81. The summed E-state index contributed by atoms with van der Waals surface area (Å²) in [5.41, 5.74) is 0.842. The molecule has 0 saturated heterocycles. The van der Waals surface area contributed by atoms with Crippen LogP contribution in [0.1, 0.15) is 5.69 Å². The van der Waals surface area contributed by atoms with Crippen molar-refractivity contribution in [2.24, 2.45) is 5.10 Å². The normalized spacial score (nSPS) is 14.7. The van der Waals surface area contributed by atoms with E-state index in [0.29, 0.717) is 5.69 Å².